The van der Waals surface area contributed by atoms with Gasteiger partial charge >= 0.3 is 0 Å². The largest absolute Gasteiger partial charge is 0.491 e. The normalized spacial score (nSPS) is 17.6. The maximum absolute atomic E-state index is 12.7. The minimum absolute atomic E-state index is 0.278. The van der Waals surface area contributed by atoms with Crippen LogP contribution in [-0.2, 0) is 4.74 Å². The quantitative estimate of drug-likeness (QED) is 0.746. The van der Waals surface area contributed by atoms with E-state index in [1.165, 1.54) is 31.4 Å². The highest BCUT2D eigenvalue weighted by atomic mass is 19.1. The minimum atomic E-state index is -0.450. The molecule has 1 saturated heterocycles. The molecule has 1 N–H and O–H groups in total. The van der Waals surface area contributed by atoms with Crippen LogP contribution in [-0.4, -0.2) is 55.6 Å². The Labute approximate surface area is 125 Å². The van der Waals surface area contributed by atoms with Crippen molar-refractivity contribution < 1.29 is 19.0 Å². The number of nitrogens with zero attached hydrogens (tertiary/aromatic N) is 1. The van der Waals surface area contributed by atoms with Gasteiger partial charge in [0.15, 0.2) is 0 Å². The minimum Gasteiger partial charge on any atom is -0.491 e. The van der Waals surface area contributed by atoms with Gasteiger partial charge in [0.05, 0.1) is 19.3 Å². The molecular weight excluding hydrogens is 273 g/mol. The number of aliphatic hydroxyl groups is 1. The third-order valence-electron chi connectivity index (χ3n) is 3.54. The first-order chi connectivity index (χ1) is 10.2. The van der Waals surface area contributed by atoms with Crippen LogP contribution >= 0.6 is 0 Å². The molecule has 5 heteroatoms. The van der Waals surface area contributed by atoms with Crippen molar-refractivity contribution >= 4 is 0 Å². The van der Waals surface area contributed by atoms with Crippen molar-refractivity contribution in [2.24, 2.45) is 0 Å². The Hall–Kier alpha value is -1.17. The fourth-order valence-corrected chi connectivity index (χ4v) is 2.46. The summed E-state index contributed by atoms with van der Waals surface area (Å²) in [6.07, 6.45) is 3.29. The number of rotatable bonds is 8. The summed E-state index contributed by atoms with van der Waals surface area (Å²) in [5, 5.41) is 9.90. The van der Waals surface area contributed by atoms with Crippen LogP contribution < -0.4 is 4.74 Å². The number of piperidine rings is 1. The van der Waals surface area contributed by atoms with E-state index in [2.05, 4.69) is 4.90 Å². The summed E-state index contributed by atoms with van der Waals surface area (Å²) in [6, 6.07) is 5.89. The number of hydrogen-bond acceptors (Lipinski definition) is 4. The van der Waals surface area contributed by atoms with Gasteiger partial charge in [-0.3, -0.25) is 0 Å². The third kappa shape index (κ3) is 6.42. The number of ether oxygens (including phenoxy) is 2. The molecule has 1 fully saturated rings. The van der Waals surface area contributed by atoms with Crippen LogP contribution in [0.4, 0.5) is 4.39 Å². The molecule has 118 valence electrons. The van der Waals surface area contributed by atoms with E-state index in [1.807, 2.05) is 0 Å². The molecule has 0 aromatic heterocycles. The molecule has 1 atom stereocenters. The van der Waals surface area contributed by atoms with Crippen molar-refractivity contribution in [3.63, 3.8) is 0 Å². The van der Waals surface area contributed by atoms with Gasteiger partial charge in [0.2, 0.25) is 0 Å². The Morgan fingerprint density at radius 2 is 1.81 bits per heavy atom. The van der Waals surface area contributed by atoms with E-state index in [4.69, 9.17) is 9.47 Å². The summed E-state index contributed by atoms with van der Waals surface area (Å²) in [7, 11) is 0. The van der Waals surface area contributed by atoms with Crippen molar-refractivity contribution in [2.45, 2.75) is 25.4 Å². The van der Waals surface area contributed by atoms with Crippen LogP contribution in [0.25, 0.3) is 0 Å². The van der Waals surface area contributed by atoms with Crippen LogP contribution in [0.5, 0.6) is 5.75 Å². The number of halogens is 1. The Kier molecular flexibility index (Phi) is 6.92. The van der Waals surface area contributed by atoms with E-state index in [-0.39, 0.29) is 5.82 Å². The summed E-state index contributed by atoms with van der Waals surface area (Å²) in [4.78, 5) is 2.28. The molecule has 1 aliphatic rings. The van der Waals surface area contributed by atoms with Crippen LogP contribution in [0.1, 0.15) is 19.3 Å². The van der Waals surface area contributed by atoms with Gasteiger partial charge in [-0.1, -0.05) is 6.42 Å². The summed E-state index contributed by atoms with van der Waals surface area (Å²) in [5.41, 5.74) is 0. The number of aliphatic hydroxyl groups excluding tert-OH is 1. The summed E-state index contributed by atoms with van der Waals surface area (Å²) < 4.78 is 23.5. The lowest BCUT2D eigenvalue weighted by molar-refractivity contribution is 0.00533. The molecule has 1 aromatic carbocycles. The predicted octanol–water partition coefficient (Wildman–Crippen LogP) is 2.07. The number of likely N-dealkylation sites (tertiary alicyclic amines) is 1. The highest BCUT2D eigenvalue weighted by Gasteiger charge is 2.14. The van der Waals surface area contributed by atoms with Gasteiger partial charge in [0.1, 0.15) is 18.2 Å². The van der Waals surface area contributed by atoms with Gasteiger partial charge in [-0.05, 0) is 50.2 Å². The number of β-amino-alcohol motifs (C(OH)–C–C–N with tert-alkyl or cyclic N) is 1. The molecule has 2 rings (SSSR count). The average Bonchev–Trinajstić information content (AvgIpc) is 2.50. The fourth-order valence-electron chi connectivity index (χ4n) is 2.46. The molecule has 0 radical (unpaired) electrons. The van der Waals surface area contributed by atoms with Gasteiger partial charge in [-0.25, -0.2) is 4.39 Å². The second kappa shape index (κ2) is 8.97. The molecule has 1 aromatic rings. The van der Waals surface area contributed by atoms with Gasteiger partial charge in [0, 0.05) is 6.54 Å². The van der Waals surface area contributed by atoms with Gasteiger partial charge < -0.3 is 19.5 Å². The number of benzene rings is 1. The zero-order valence-electron chi connectivity index (χ0n) is 12.3. The molecule has 1 aliphatic heterocycles. The van der Waals surface area contributed by atoms with Crippen LogP contribution in [0.3, 0.4) is 0 Å². The van der Waals surface area contributed by atoms with E-state index < -0.39 is 6.10 Å². The lowest BCUT2D eigenvalue weighted by atomic mass is 10.1. The van der Waals surface area contributed by atoms with E-state index in [0.29, 0.717) is 32.1 Å². The highest BCUT2D eigenvalue weighted by molar-refractivity contribution is 5.21. The summed E-state index contributed by atoms with van der Waals surface area (Å²) >= 11 is 0. The molecule has 0 spiro atoms. The molecule has 0 bridgehead atoms. The van der Waals surface area contributed by atoms with Gasteiger partial charge in [-0.2, -0.15) is 0 Å². The van der Waals surface area contributed by atoms with Crippen molar-refractivity contribution in [1.82, 2.24) is 4.90 Å². The predicted molar refractivity (Wildman–Crippen MR) is 79.0 cm³/mol. The van der Waals surface area contributed by atoms with Crippen LogP contribution in [0.15, 0.2) is 24.3 Å². The highest BCUT2D eigenvalue weighted by Crippen LogP contribution is 2.11. The van der Waals surface area contributed by atoms with Crippen molar-refractivity contribution in [2.75, 3.05) is 39.5 Å². The standard InChI is InChI=1S/C16H24FNO3/c17-14-4-6-16(7-5-14)21-11-10-20-13-15(19)12-18-8-2-1-3-9-18/h4-7,15,19H,1-3,8-13H2/t15-/m0/s1. The lowest BCUT2D eigenvalue weighted by Gasteiger charge is -2.28. The Morgan fingerprint density at radius 3 is 2.52 bits per heavy atom. The zero-order chi connectivity index (χ0) is 14.9. The lowest BCUT2D eigenvalue weighted by Crippen LogP contribution is -2.38. The molecule has 0 amide bonds. The first kappa shape index (κ1) is 16.2. The molecule has 0 aliphatic carbocycles. The molecule has 0 saturated carbocycles. The number of hydrogen-bond donors (Lipinski definition) is 1. The van der Waals surface area contributed by atoms with Gasteiger partial charge in [0.25, 0.3) is 0 Å². The zero-order valence-corrected chi connectivity index (χ0v) is 12.3. The first-order valence-electron chi connectivity index (χ1n) is 7.60. The molecule has 0 unspecified atom stereocenters. The summed E-state index contributed by atoms with van der Waals surface area (Å²) in [6.45, 7) is 3.95. The maximum atomic E-state index is 12.7. The van der Waals surface area contributed by atoms with Crippen molar-refractivity contribution in [3.8, 4) is 5.75 Å². The Balaban J connectivity index is 1.51. The SMILES string of the molecule is O[C@H](COCCOc1ccc(F)cc1)CN1CCCCC1. The Bertz CT molecular complexity index is 393. The first-order valence-corrected chi connectivity index (χ1v) is 7.60. The second-order valence-electron chi connectivity index (χ2n) is 5.39. The monoisotopic (exact) mass is 297 g/mol. The van der Waals surface area contributed by atoms with E-state index in [0.717, 1.165) is 13.1 Å². The molecule has 4 nitrogen and oxygen atoms in total. The summed E-state index contributed by atoms with van der Waals surface area (Å²) in [5.74, 6) is 0.341. The smallest absolute Gasteiger partial charge is 0.123 e. The fraction of sp³-hybridized carbons (Fsp3) is 0.625. The van der Waals surface area contributed by atoms with Crippen molar-refractivity contribution in [1.29, 1.82) is 0 Å². The molecular formula is C16H24FNO3. The van der Waals surface area contributed by atoms with Crippen LogP contribution in [0.2, 0.25) is 0 Å². The van der Waals surface area contributed by atoms with E-state index in [9.17, 15) is 9.50 Å². The van der Waals surface area contributed by atoms with E-state index >= 15 is 0 Å². The molecule has 1 heterocycles. The third-order valence-corrected chi connectivity index (χ3v) is 3.54. The average molecular weight is 297 g/mol. The van der Waals surface area contributed by atoms with Crippen LogP contribution in [0, 0.1) is 5.82 Å². The Morgan fingerprint density at radius 1 is 1.10 bits per heavy atom. The van der Waals surface area contributed by atoms with Gasteiger partial charge in [-0.15, -0.1) is 0 Å². The maximum Gasteiger partial charge on any atom is 0.123 e. The van der Waals surface area contributed by atoms with E-state index in [1.54, 1.807) is 12.1 Å². The molecule has 21 heavy (non-hydrogen) atoms. The topological polar surface area (TPSA) is 41.9 Å². The second-order valence-corrected chi connectivity index (χ2v) is 5.39. The van der Waals surface area contributed by atoms with Crippen molar-refractivity contribution in [3.05, 3.63) is 30.1 Å².